The zero-order valence-electron chi connectivity index (χ0n) is 16.2. The number of hydrogen-bond donors (Lipinski definition) is 2. The van der Waals surface area contributed by atoms with Crippen LogP contribution in [0, 0.1) is 6.92 Å². The topological polar surface area (TPSA) is 88.0 Å². The van der Waals surface area contributed by atoms with E-state index in [4.69, 9.17) is 0 Å². The van der Waals surface area contributed by atoms with Crippen LogP contribution in [-0.4, -0.2) is 70.1 Å². The number of benzene rings is 1. The van der Waals surface area contributed by atoms with Gasteiger partial charge in [-0.1, -0.05) is 23.4 Å². The molecule has 1 fully saturated rings. The van der Waals surface area contributed by atoms with Gasteiger partial charge < -0.3 is 10.6 Å². The summed E-state index contributed by atoms with van der Waals surface area (Å²) in [4.78, 5) is 19.3. The van der Waals surface area contributed by atoms with E-state index in [9.17, 15) is 4.79 Å². The Balaban J connectivity index is 0.00000150. The largest absolute Gasteiger partial charge is 0.349 e. The minimum absolute atomic E-state index is 0. The van der Waals surface area contributed by atoms with E-state index >= 15 is 0 Å². The summed E-state index contributed by atoms with van der Waals surface area (Å²) in [6, 6.07) is 9.79. The molecule has 2 aromatic heterocycles. The summed E-state index contributed by atoms with van der Waals surface area (Å²) in [5.41, 5.74) is 2.70. The number of fused-ring (bicyclic) bond motifs is 1. The van der Waals surface area contributed by atoms with Crippen LogP contribution in [0.1, 0.15) is 16.2 Å². The second kappa shape index (κ2) is 10.5. The smallest absolute Gasteiger partial charge is 0.273 e. The molecule has 0 radical (unpaired) electrons. The third-order valence-electron chi connectivity index (χ3n) is 4.87. The van der Waals surface area contributed by atoms with Gasteiger partial charge in [0.25, 0.3) is 5.91 Å². The first-order valence-corrected chi connectivity index (χ1v) is 9.22. The van der Waals surface area contributed by atoms with Crippen LogP contribution >= 0.6 is 24.8 Å². The lowest BCUT2D eigenvalue weighted by Gasteiger charge is -2.26. The third-order valence-corrected chi connectivity index (χ3v) is 4.87. The maximum absolute atomic E-state index is 12.5. The fraction of sp³-hybridized carbons (Fsp3) is 0.368. The van der Waals surface area contributed by atoms with E-state index in [1.54, 1.807) is 10.9 Å². The van der Waals surface area contributed by atoms with Crippen molar-refractivity contribution in [1.82, 2.24) is 35.5 Å². The van der Waals surface area contributed by atoms with Gasteiger partial charge in [-0.25, -0.2) is 4.68 Å². The first-order chi connectivity index (χ1) is 13.2. The summed E-state index contributed by atoms with van der Waals surface area (Å²) in [5.74, 6) is -0.193. The maximum atomic E-state index is 12.5. The van der Waals surface area contributed by atoms with E-state index in [2.05, 4.69) is 30.8 Å². The van der Waals surface area contributed by atoms with Crippen molar-refractivity contribution in [2.45, 2.75) is 6.92 Å². The number of para-hydroxylation sites is 1. The first-order valence-electron chi connectivity index (χ1n) is 9.22. The van der Waals surface area contributed by atoms with Gasteiger partial charge >= 0.3 is 0 Å². The van der Waals surface area contributed by atoms with Gasteiger partial charge in [-0.3, -0.25) is 14.7 Å². The summed E-state index contributed by atoms with van der Waals surface area (Å²) in [7, 11) is 0. The standard InChI is InChI=1S/C19H23N7O.2ClH/c1-14-17(19(27)22-10-13-25-11-8-20-9-12-25)23-24-26(14)16-6-2-4-15-5-3-7-21-18(15)16;;/h2-7,20H,8-13H2,1H3,(H,22,27);2*1H. The van der Waals surface area contributed by atoms with Crippen LogP contribution in [0.3, 0.4) is 0 Å². The van der Waals surface area contributed by atoms with Crippen LogP contribution < -0.4 is 10.6 Å². The minimum Gasteiger partial charge on any atom is -0.349 e. The second-order valence-electron chi connectivity index (χ2n) is 6.64. The molecule has 0 atom stereocenters. The van der Waals surface area contributed by atoms with Gasteiger partial charge in [0.05, 0.1) is 16.9 Å². The average molecular weight is 438 g/mol. The number of carbonyl (C=O) groups is 1. The number of halogens is 2. The average Bonchev–Trinajstić information content (AvgIpc) is 3.09. The zero-order valence-corrected chi connectivity index (χ0v) is 17.8. The van der Waals surface area contributed by atoms with Gasteiger partial charge in [0.15, 0.2) is 5.69 Å². The Kier molecular flexibility index (Phi) is 8.33. The summed E-state index contributed by atoms with van der Waals surface area (Å²) >= 11 is 0. The molecule has 1 aromatic carbocycles. The van der Waals surface area contributed by atoms with Crippen LogP contribution in [0.5, 0.6) is 0 Å². The number of aromatic nitrogens is 4. The number of carbonyl (C=O) groups excluding carboxylic acids is 1. The zero-order chi connectivity index (χ0) is 18.6. The van der Waals surface area contributed by atoms with Crippen molar-refractivity contribution in [2.24, 2.45) is 0 Å². The monoisotopic (exact) mass is 437 g/mol. The van der Waals surface area contributed by atoms with Crippen LogP contribution in [0.15, 0.2) is 36.5 Å². The van der Waals surface area contributed by atoms with Crippen molar-refractivity contribution in [2.75, 3.05) is 39.3 Å². The molecule has 1 saturated heterocycles. The number of amides is 1. The molecule has 4 rings (SSSR count). The highest BCUT2D eigenvalue weighted by molar-refractivity contribution is 5.93. The van der Waals surface area contributed by atoms with Crippen molar-refractivity contribution in [3.63, 3.8) is 0 Å². The fourth-order valence-corrected chi connectivity index (χ4v) is 3.37. The fourth-order valence-electron chi connectivity index (χ4n) is 3.37. The lowest BCUT2D eigenvalue weighted by molar-refractivity contribution is 0.0941. The molecule has 8 nitrogen and oxygen atoms in total. The Morgan fingerprint density at radius 1 is 1.17 bits per heavy atom. The molecule has 3 heterocycles. The molecule has 0 bridgehead atoms. The predicted octanol–water partition coefficient (Wildman–Crippen LogP) is 1.60. The van der Waals surface area contributed by atoms with Crippen molar-refractivity contribution in [1.29, 1.82) is 0 Å². The lowest BCUT2D eigenvalue weighted by Crippen LogP contribution is -2.46. The van der Waals surface area contributed by atoms with Gasteiger partial charge in [-0.2, -0.15) is 0 Å². The molecule has 0 aliphatic carbocycles. The molecule has 1 amide bonds. The highest BCUT2D eigenvalue weighted by atomic mass is 35.5. The summed E-state index contributed by atoms with van der Waals surface area (Å²) in [5, 5.41) is 15.6. The number of nitrogens with zero attached hydrogens (tertiary/aromatic N) is 5. The third kappa shape index (κ3) is 5.02. The van der Waals surface area contributed by atoms with E-state index in [0.29, 0.717) is 17.9 Å². The molecule has 10 heteroatoms. The molecular weight excluding hydrogens is 413 g/mol. The van der Waals surface area contributed by atoms with E-state index in [0.717, 1.165) is 49.3 Å². The van der Waals surface area contributed by atoms with Gasteiger partial charge in [0.1, 0.15) is 0 Å². The first kappa shape index (κ1) is 23.0. The van der Waals surface area contributed by atoms with Crippen molar-refractivity contribution < 1.29 is 4.79 Å². The highest BCUT2D eigenvalue weighted by Crippen LogP contribution is 2.21. The molecule has 3 aromatic rings. The SMILES string of the molecule is Cc1c(C(=O)NCCN2CCNCC2)nnn1-c1cccc2cccnc12.Cl.Cl. The van der Waals surface area contributed by atoms with Crippen LogP contribution in [0.25, 0.3) is 16.6 Å². The van der Waals surface area contributed by atoms with Crippen LogP contribution in [0.4, 0.5) is 0 Å². The van der Waals surface area contributed by atoms with Crippen molar-refractivity contribution >= 4 is 41.6 Å². The van der Waals surface area contributed by atoms with E-state index in [-0.39, 0.29) is 30.7 Å². The minimum atomic E-state index is -0.193. The van der Waals surface area contributed by atoms with Gasteiger partial charge in [-0.05, 0) is 19.1 Å². The van der Waals surface area contributed by atoms with Gasteiger partial charge in [0, 0.05) is 50.9 Å². The number of nitrogens with one attached hydrogen (secondary N) is 2. The second-order valence-corrected chi connectivity index (χ2v) is 6.64. The molecule has 2 N–H and O–H groups in total. The quantitative estimate of drug-likeness (QED) is 0.630. The van der Waals surface area contributed by atoms with E-state index in [1.807, 2.05) is 37.3 Å². The lowest BCUT2D eigenvalue weighted by atomic mass is 10.2. The summed E-state index contributed by atoms with van der Waals surface area (Å²) < 4.78 is 1.68. The Morgan fingerprint density at radius 3 is 2.72 bits per heavy atom. The summed E-state index contributed by atoms with van der Waals surface area (Å²) in [6.45, 7) is 7.32. The van der Waals surface area contributed by atoms with Crippen LogP contribution in [0.2, 0.25) is 0 Å². The molecule has 1 aliphatic rings. The number of rotatable bonds is 5. The Labute approximate surface area is 181 Å². The number of hydrogen-bond acceptors (Lipinski definition) is 6. The molecule has 0 saturated carbocycles. The molecule has 0 spiro atoms. The van der Waals surface area contributed by atoms with Crippen molar-refractivity contribution in [3.8, 4) is 5.69 Å². The predicted molar refractivity (Wildman–Crippen MR) is 118 cm³/mol. The molecular formula is C19H25Cl2N7O. The highest BCUT2D eigenvalue weighted by Gasteiger charge is 2.19. The Bertz CT molecular complexity index is 951. The maximum Gasteiger partial charge on any atom is 0.273 e. The number of pyridine rings is 1. The molecule has 156 valence electrons. The Morgan fingerprint density at radius 2 is 1.93 bits per heavy atom. The van der Waals surface area contributed by atoms with Gasteiger partial charge in [-0.15, -0.1) is 29.9 Å². The Hall–Kier alpha value is -2.26. The summed E-state index contributed by atoms with van der Waals surface area (Å²) in [6.07, 6.45) is 1.75. The van der Waals surface area contributed by atoms with Crippen LogP contribution in [-0.2, 0) is 0 Å². The van der Waals surface area contributed by atoms with E-state index < -0.39 is 0 Å². The number of piperazine rings is 1. The normalized spacial score (nSPS) is 14.1. The van der Waals surface area contributed by atoms with Gasteiger partial charge in [0.2, 0.25) is 0 Å². The molecule has 1 aliphatic heterocycles. The van der Waals surface area contributed by atoms with E-state index in [1.165, 1.54) is 0 Å². The van der Waals surface area contributed by atoms with Crippen molar-refractivity contribution in [3.05, 3.63) is 47.9 Å². The molecule has 29 heavy (non-hydrogen) atoms. The molecule has 0 unspecified atom stereocenters.